The van der Waals surface area contributed by atoms with Crippen molar-refractivity contribution in [2.75, 3.05) is 4.90 Å². The van der Waals surface area contributed by atoms with Gasteiger partial charge >= 0.3 is 0 Å². The Labute approximate surface area is 282 Å². The van der Waals surface area contributed by atoms with Gasteiger partial charge in [0.1, 0.15) is 16.7 Å². The molecule has 0 aliphatic heterocycles. The molecule has 0 radical (unpaired) electrons. The van der Waals surface area contributed by atoms with Crippen molar-refractivity contribution >= 4 is 71.6 Å². The molecule has 0 unspecified atom stereocenters. The van der Waals surface area contributed by atoms with Gasteiger partial charge < -0.3 is 13.7 Å². The molecule has 4 heteroatoms. The Morgan fingerprint density at radius 1 is 0.449 bits per heavy atom. The summed E-state index contributed by atoms with van der Waals surface area (Å²) in [7, 11) is 0. The van der Waals surface area contributed by atoms with E-state index in [0.717, 1.165) is 88.3 Å². The third-order valence-corrected chi connectivity index (χ3v) is 9.47. The van der Waals surface area contributed by atoms with Gasteiger partial charge in [-0.25, -0.2) is 4.98 Å². The lowest BCUT2D eigenvalue weighted by Gasteiger charge is -2.28. The molecule has 0 bridgehead atoms. The summed E-state index contributed by atoms with van der Waals surface area (Å²) in [5.74, 6) is 0.619. The zero-order valence-corrected chi connectivity index (χ0v) is 26.4. The van der Waals surface area contributed by atoms with E-state index in [1.165, 1.54) is 0 Å². The highest BCUT2D eigenvalue weighted by Crippen LogP contribution is 2.44. The summed E-state index contributed by atoms with van der Waals surface area (Å²) in [6.45, 7) is 0. The highest BCUT2D eigenvalue weighted by molar-refractivity contribution is 6.19. The van der Waals surface area contributed by atoms with E-state index in [1.807, 2.05) is 48.5 Å². The highest BCUT2D eigenvalue weighted by atomic mass is 16.3. The summed E-state index contributed by atoms with van der Waals surface area (Å²) in [4.78, 5) is 7.23. The van der Waals surface area contributed by atoms with E-state index in [1.54, 1.807) is 0 Å². The maximum Gasteiger partial charge on any atom is 0.227 e. The number of furan rings is 1. The lowest BCUT2D eigenvalue weighted by molar-refractivity contribution is 0.623. The molecule has 49 heavy (non-hydrogen) atoms. The van der Waals surface area contributed by atoms with Crippen molar-refractivity contribution in [3.8, 4) is 22.6 Å². The predicted molar refractivity (Wildman–Crippen MR) is 202 cm³/mol. The average Bonchev–Trinajstić information content (AvgIpc) is 3.77. The zero-order chi connectivity index (χ0) is 32.3. The third kappa shape index (κ3) is 4.49. The van der Waals surface area contributed by atoms with Gasteiger partial charge in [-0.1, -0.05) is 109 Å². The van der Waals surface area contributed by atoms with Crippen LogP contribution in [-0.4, -0.2) is 4.98 Å². The van der Waals surface area contributed by atoms with E-state index in [-0.39, 0.29) is 0 Å². The van der Waals surface area contributed by atoms with Crippen molar-refractivity contribution in [2.45, 2.75) is 0 Å². The largest absolute Gasteiger partial charge is 0.456 e. The van der Waals surface area contributed by atoms with Gasteiger partial charge in [0.15, 0.2) is 5.58 Å². The quantitative estimate of drug-likeness (QED) is 0.178. The van der Waals surface area contributed by atoms with Crippen molar-refractivity contribution in [1.29, 1.82) is 0 Å². The van der Waals surface area contributed by atoms with Crippen molar-refractivity contribution in [3.63, 3.8) is 0 Å². The molecule has 0 fully saturated rings. The maximum atomic E-state index is 6.56. The summed E-state index contributed by atoms with van der Waals surface area (Å²) in [6.07, 6.45) is 0. The Balaban J connectivity index is 1.24. The van der Waals surface area contributed by atoms with Gasteiger partial charge in [-0.2, -0.15) is 0 Å². The van der Waals surface area contributed by atoms with Gasteiger partial charge in [-0.3, -0.25) is 0 Å². The minimum atomic E-state index is 0.619. The molecular formula is C45H28N2O2. The Bertz CT molecular complexity index is 2830. The first-order valence-corrected chi connectivity index (χ1v) is 16.5. The minimum absolute atomic E-state index is 0.619. The molecule has 0 aliphatic rings. The van der Waals surface area contributed by atoms with Crippen LogP contribution in [-0.2, 0) is 0 Å². The fraction of sp³-hybridized carbons (Fsp3) is 0. The topological polar surface area (TPSA) is 42.4 Å². The number of oxazole rings is 1. The Morgan fingerprint density at radius 3 is 1.98 bits per heavy atom. The fourth-order valence-electron chi connectivity index (χ4n) is 7.16. The molecule has 10 rings (SSSR count). The first-order chi connectivity index (χ1) is 24.3. The molecule has 0 saturated carbocycles. The van der Waals surface area contributed by atoms with Crippen LogP contribution >= 0.6 is 0 Å². The zero-order valence-electron chi connectivity index (χ0n) is 26.4. The second-order valence-electron chi connectivity index (χ2n) is 12.4. The van der Waals surface area contributed by atoms with Crippen molar-refractivity contribution in [2.24, 2.45) is 0 Å². The number of fused-ring (bicyclic) bond motifs is 8. The van der Waals surface area contributed by atoms with Gasteiger partial charge in [-0.15, -0.1) is 0 Å². The SMILES string of the molecule is c1ccc(-c2nc3ccc4ccc5ccc(N(c6ccc7c(c6)oc6ccccc67)c6ccccc6-c6ccccc6)cc5c4c3o2)cc1. The molecule has 230 valence electrons. The Hall–Kier alpha value is -6.65. The lowest BCUT2D eigenvalue weighted by Crippen LogP contribution is -2.11. The molecular weight excluding hydrogens is 601 g/mol. The summed E-state index contributed by atoms with van der Waals surface area (Å²) >= 11 is 0. The summed E-state index contributed by atoms with van der Waals surface area (Å²) < 4.78 is 13.0. The van der Waals surface area contributed by atoms with E-state index in [4.69, 9.17) is 13.8 Å². The van der Waals surface area contributed by atoms with Gasteiger partial charge in [0.05, 0.1) is 5.69 Å². The molecule has 10 aromatic rings. The second-order valence-corrected chi connectivity index (χ2v) is 12.4. The fourth-order valence-corrected chi connectivity index (χ4v) is 7.16. The number of aromatic nitrogens is 1. The number of hydrogen-bond acceptors (Lipinski definition) is 4. The van der Waals surface area contributed by atoms with Crippen molar-refractivity contribution < 1.29 is 8.83 Å². The third-order valence-electron chi connectivity index (χ3n) is 9.47. The smallest absolute Gasteiger partial charge is 0.227 e. The summed E-state index contributed by atoms with van der Waals surface area (Å²) in [5, 5.41) is 6.60. The molecule has 8 aromatic carbocycles. The number of para-hydroxylation sites is 2. The molecule has 0 N–H and O–H groups in total. The molecule has 0 amide bonds. The van der Waals surface area contributed by atoms with Crippen LogP contribution < -0.4 is 4.90 Å². The van der Waals surface area contributed by atoms with Crippen LogP contribution in [0.5, 0.6) is 0 Å². The second kappa shape index (κ2) is 11.0. The highest BCUT2D eigenvalue weighted by Gasteiger charge is 2.20. The van der Waals surface area contributed by atoms with E-state index >= 15 is 0 Å². The predicted octanol–water partition coefficient (Wildman–Crippen LogP) is 12.8. The molecule has 4 nitrogen and oxygen atoms in total. The van der Waals surface area contributed by atoms with Crippen LogP contribution in [0.15, 0.2) is 179 Å². The molecule has 0 saturated heterocycles. The van der Waals surface area contributed by atoms with E-state index < -0.39 is 0 Å². The van der Waals surface area contributed by atoms with E-state index in [9.17, 15) is 0 Å². The van der Waals surface area contributed by atoms with Gasteiger partial charge in [0, 0.05) is 44.7 Å². The first-order valence-electron chi connectivity index (χ1n) is 16.5. The van der Waals surface area contributed by atoms with Gasteiger partial charge in [-0.05, 0) is 76.3 Å². The molecule has 0 atom stereocenters. The summed E-state index contributed by atoms with van der Waals surface area (Å²) in [6, 6.07) is 59.2. The van der Waals surface area contributed by atoms with Crippen molar-refractivity contribution in [1.82, 2.24) is 4.98 Å². The number of hydrogen-bond donors (Lipinski definition) is 0. The van der Waals surface area contributed by atoms with E-state index in [2.05, 4.69) is 126 Å². The van der Waals surface area contributed by atoms with Crippen LogP contribution in [0, 0.1) is 0 Å². The normalized spacial score (nSPS) is 11.7. The first kappa shape index (κ1) is 27.5. The van der Waals surface area contributed by atoms with Crippen LogP contribution in [0.3, 0.4) is 0 Å². The Kier molecular flexibility index (Phi) is 6.15. The monoisotopic (exact) mass is 628 g/mol. The number of anilines is 3. The number of nitrogens with zero attached hydrogens (tertiary/aromatic N) is 2. The number of rotatable bonds is 5. The molecule has 2 aromatic heterocycles. The van der Waals surface area contributed by atoms with Gasteiger partial charge in [0.25, 0.3) is 0 Å². The van der Waals surface area contributed by atoms with Gasteiger partial charge in [0.2, 0.25) is 5.89 Å². The van der Waals surface area contributed by atoms with Crippen LogP contribution in [0.1, 0.15) is 0 Å². The lowest BCUT2D eigenvalue weighted by atomic mass is 9.99. The maximum absolute atomic E-state index is 6.56. The van der Waals surface area contributed by atoms with Crippen LogP contribution in [0.25, 0.3) is 77.2 Å². The molecule has 0 aliphatic carbocycles. The average molecular weight is 629 g/mol. The van der Waals surface area contributed by atoms with Crippen LogP contribution in [0.4, 0.5) is 17.1 Å². The minimum Gasteiger partial charge on any atom is -0.456 e. The van der Waals surface area contributed by atoms with Crippen molar-refractivity contribution in [3.05, 3.63) is 170 Å². The molecule has 2 heterocycles. The standard InChI is InChI=1S/C45H28N2O2/c1-3-11-29(12-4-1)35-15-7-9-17-40(35)47(34-24-25-37-36-16-8-10-18-41(36)48-42(37)28-34)33-23-21-30-19-20-31-22-26-39-44(43(31)38(30)27-33)49-45(46-39)32-13-5-2-6-14-32/h1-28H. The van der Waals surface area contributed by atoms with E-state index in [0.29, 0.717) is 5.89 Å². The summed E-state index contributed by atoms with van der Waals surface area (Å²) in [5.41, 5.74) is 9.71. The molecule has 0 spiro atoms. The number of benzene rings is 8. The van der Waals surface area contributed by atoms with Crippen LogP contribution in [0.2, 0.25) is 0 Å². The Morgan fingerprint density at radius 2 is 1.10 bits per heavy atom.